The first-order valence-corrected chi connectivity index (χ1v) is 7.31. The molecule has 3 rings (SSSR count). The minimum absolute atomic E-state index is 0.221. The first-order valence-electron chi connectivity index (χ1n) is 7.31. The molecule has 0 radical (unpaired) electrons. The van der Waals surface area contributed by atoms with E-state index in [-0.39, 0.29) is 11.6 Å². The maximum atomic E-state index is 11.9. The minimum Gasteiger partial charge on any atom is -0.338 e. The molecule has 2 aromatic carbocycles. The molecule has 3 N–H and O–H groups in total. The monoisotopic (exact) mass is 308 g/mol. The molecule has 1 aromatic heterocycles. The highest BCUT2D eigenvalue weighted by molar-refractivity contribution is 5.95. The Morgan fingerprint density at radius 2 is 1.91 bits per heavy atom. The maximum absolute atomic E-state index is 11.9. The molecule has 23 heavy (non-hydrogen) atoms. The Balaban J connectivity index is 2.04. The molecule has 0 aliphatic carbocycles. The van der Waals surface area contributed by atoms with Gasteiger partial charge in [-0.05, 0) is 25.1 Å². The van der Waals surface area contributed by atoms with Gasteiger partial charge >= 0.3 is 6.03 Å². The van der Waals surface area contributed by atoms with Crippen molar-refractivity contribution in [1.29, 1.82) is 0 Å². The molecule has 0 saturated heterocycles. The number of amides is 2. The third-order valence-corrected chi connectivity index (χ3v) is 3.43. The summed E-state index contributed by atoms with van der Waals surface area (Å²) in [6, 6.07) is 14.4. The van der Waals surface area contributed by atoms with Crippen LogP contribution in [0.1, 0.15) is 6.92 Å². The van der Waals surface area contributed by atoms with Crippen molar-refractivity contribution in [3.8, 4) is 11.3 Å². The van der Waals surface area contributed by atoms with Gasteiger partial charge in [-0.2, -0.15) is 5.10 Å². The molecule has 0 bridgehead atoms. The van der Waals surface area contributed by atoms with Crippen LogP contribution in [0.4, 0.5) is 10.5 Å². The number of carbonyl (C=O) groups excluding carboxylic acids is 1. The van der Waals surface area contributed by atoms with E-state index in [1.807, 2.05) is 43.3 Å². The molecule has 0 unspecified atom stereocenters. The maximum Gasteiger partial charge on any atom is 0.319 e. The fraction of sp³-hybridized carbons (Fsp3) is 0.118. The summed E-state index contributed by atoms with van der Waals surface area (Å²) in [5, 5.41) is 13.5. The lowest BCUT2D eigenvalue weighted by atomic mass is 10.0. The van der Waals surface area contributed by atoms with E-state index >= 15 is 0 Å². The Bertz CT molecular complexity index is 918. The average molecular weight is 308 g/mol. The van der Waals surface area contributed by atoms with Crippen molar-refractivity contribution < 1.29 is 4.79 Å². The summed E-state index contributed by atoms with van der Waals surface area (Å²) in [4.78, 5) is 23.5. The normalized spacial score (nSPS) is 10.5. The number of anilines is 1. The Morgan fingerprint density at radius 1 is 1.13 bits per heavy atom. The van der Waals surface area contributed by atoms with Crippen LogP contribution in [0.15, 0.2) is 53.3 Å². The lowest BCUT2D eigenvalue weighted by Crippen LogP contribution is -2.28. The van der Waals surface area contributed by atoms with Gasteiger partial charge in [0.05, 0.1) is 11.1 Å². The minimum atomic E-state index is -0.260. The summed E-state index contributed by atoms with van der Waals surface area (Å²) in [5.74, 6) is 0. The molecule has 0 spiro atoms. The first kappa shape index (κ1) is 14.8. The van der Waals surface area contributed by atoms with Crippen LogP contribution in [0, 0.1) is 0 Å². The first-order chi connectivity index (χ1) is 11.2. The zero-order valence-corrected chi connectivity index (χ0v) is 12.6. The van der Waals surface area contributed by atoms with Crippen molar-refractivity contribution in [2.24, 2.45) is 0 Å². The summed E-state index contributed by atoms with van der Waals surface area (Å²) >= 11 is 0. The van der Waals surface area contributed by atoms with Crippen LogP contribution < -0.4 is 16.2 Å². The Hall–Kier alpha value is -3.15. The molecule has 6 heteroatoms. The zero-order valence-electron chi connectivity index (χ0n) is 12.6. The molecule has 0 atom stereocenters. The van der Waals surface area contributed by atoms with Gasteiger partial charge in [0.1, 0.15) is 0 Å². The average Bonchev–Trinajstić information content (AvgIpc) is 2.56. The van der Waals surface area contributed by atoms with Crippen molar-refractivity contribution in [1.82, 2.24) is 15.5 Å². The number of urea groups is 1. The lowest BCUT2D eigenvalue weighted by molar-refractivity contribution is 0.252. The van der Waals surface area contributed by atoms with E-state index in [0.29, 0.717) is 23.3 Å². The van der Waals surface area contributed by atoms with E-state index < -0.39 is 0 Å². The van der Waals surface area contributed by atoms with Crippen molar-refractivity contribution in [2.45, 2.75) is 6.92 Å². The van der Waals surface area contributed by atoms with Crippen LogP contribution in [0.25, 0.3) is 22.0 Å². The van der Waals surface area contributed by atoms with Gasteiger partial charge in [-0.15, -0.1) is 0 Å². The number of carbonyl (C=O) groups is 1. The molecule has 0 fully saturated rings. The van der Waals surface area contributed by atoms with E-state index in [4.69, 9.17) is 0 Å². The van der Waals surface area contributed by atoms with Crippen molar-refractivity contribution in [3.63, 3.8) is 0 Å². The van der Waals surface area contributed by atoms with Crippen LogP contribution in [-0.4, -0.2) is 22.8 Å². The topological polar surface area (TPSA) is 86.9 Å². The highest BCUT2D eigenvalue weighted by Crippen LogP contribution is 2.26. The SMILES string of the molecule is CCNC(=O)Nc1cccc(-c2n[nH]c(=O)c3ccccc23)c1. The van der Waals surface area contributed by atoms with Gasteiger partial charge in [-0.1, -0.05) is 30.3 Å². The van der Waals surface area contributed by atoms with E-state index in [1.165, 1.54) is 0 Å². The molecule has 0 saturated carbocycles. The van der Waals surface area contributed by atoms with Gasteiger partial charge in [0.25, 0.3) is 5.56 Å². The van der Waals surface area contributed by atoms with Crippen LogP contribution in [0.2, 0.25) is 0 Å². The Morgan fingerprint density at radius 3 is 2.70 bits per heavy atom. The summed E-state index contributed by atoms with van der Waals surface area (Å²) in [6.45, 7) is 2.41. The van der Waals surface area contributed by atoms with Crippen LogP contribution in [-0.2, 0) is 0 Å². The van der Waals surface area contributed by atoms with E-state index in [2.05, 4.69) is 20.8 Å². The van der Waals surface area contributed by atoms with Crippen LogP contribution in [0.5, 0.6) is 0 Å². The van der Waals surface area contributed by atoms with Gasteiger partial charge in [0.15, 0.2) is 0 Å². The van der Waals surface area contributed by atoms with Crippen molar-refractivity contribution in [3.05, 3.63) is 58.9 Å². The summed E-state index contributed by atoms with van der Waals surface area (Å²) in [5.41, 5.74) is 1.91. The third-order valence-electron chi connectivity index (χ3n) is 3.43. The summed E-state index contributed by atoms with van der Waals surface area (Å²) in [7, 11) is 0. The highest BCUT2D eigenvalue weighted by atomic mass is 16.2. The summed E-state index contributed by atoms with van der Waals surface area (Å²) in [6.07, 6.45) is 0. The van der Waals surface area contributed by atoms with Crippen molar-refractivity contribution in [2.75, 3.05) is 11.9 Å². The number of H-pyrrole nitrogens is 1. The molecule has 0 aliphatic rings. The summed E-state index contributed by atoms with van der Waals surface area (Å²) < 4.78 is 0. The second-order valence-corrected chi connectivity index (χ2v) is 5.01. The second-order valence-electron chi connectivity index (χ2n) is 5.01. The van der Waals surface area contributed by atoms with E-state index in [1.54, 1.807) is 12.1 Å². The van der Waals surface area contributed by atoms with Gasteiger partial charge in [-0.25, -0.2) is 9.89 Å². The van der Waals surface area contributed by atoms with E-state index in [0.717, 1.165) is 10.9 Å². The molecule has 1 heterocycles. The zero-order chi connectivity index (χ0) is 16.2. The van der Waals surface area contributed by atoms with Gasteiger partial charge < -0.3 is 10.6 Å². The number of aromatic amines is 1. The fourth-order valence-electron chi connectivity index (χ4n) is 2.41. The number of benzene rings is 2. The molecular formula is C17H16N4O2. The molecule has 116 valence electrons. The number of rotatable bonds is 3. The number of nitrogens with zero attached hydrogens (tertiary/aromatic N) is 1. The molecule has 0 aliphatic heterocycles. The standard InChI is InChI=1S/C17H16N4O2/c1-2-18-17(23)19-12-7-5-6-11(10-12)15-13-8-3-4-9-14(13)16(22)21-20-15/h3-10H,2H2,1H3,(H,21,22)(H2,18,19,23). The number of aromatic nitrogens is 2. The Kier molecular flexibility index (Phi) is 4.05. The van der Waals surface area contributed by atoms with Gasteiger partial charge in [0, 0.05) is 23.2 Å². The third kappa shape index (κ3) is 3.06. The largest absolute Gasteiger partial charge is 0.338 e. The number of nitrogens with one attached hydrogen (secondary N) is 3. The van der Waals surface area contributed by atoms with Crippen LogP contribution in [0.3, 0.4) is 0 Å². The fourth-order valence-corrected chi connectivity index (χ4v) is 2.41. The molecule has 6 nitrogen and oxygen atoms in total. The highest BCUT2D eigenvalue weighted by Gasteiger charge is 2.09. The van der Waals surface area contributed by atoms with Gasteiger partial charge in [-0.3, -0.25) is 4.79 Å². The lowest BCUT2D eigenvalue weighted by Gasteiger charge is -2.09. The Labute approximate surface area is 132 Å². The molecule has 2 amide bonds. The number of fused-ring (bicyclic) bond motifs is 1. The van der Waals surface area contributed by atoms with Crippen LogP contribution >= 0.6 is 0 Å². The molecular weight excluding hydrogens is 292 g/mol. The molecule has 3 aromatic rings. The second kappa shape index (κ2) is 6.31. The smallest absolute Gasteiger partial charge is 0.319 e. The number of hydrogen-bond acceptors (Lipinski definition) is 3. The van der Waals surface area contributed by atoms with Gasteiger partial charge in [0.2, 0.25) is 0 Å². The predicted octanol–water partition coefficient (Wildman–Crippen LogP) is 2.73. The van der Waals surface area contributed by atoms with Crippen molar-refractivity contribution >= 4 is 22.5 Å². The number of hydrogen-bond donors (Lipinski definition) is 3. The predicted molar refractivity (Wildman–Crippen MR) is 90.5 cm³/mol. The quantitative estimate of drug-likeness (QED) is 0.695. The van der Waals surface area contributed by atoms with E-state index in [9.17, 15) is 9.59 Å².